The van der Waals surface area contributed by atoms with Gasteiger partial charge in [0.05, 0.1) is 24.0 Å². The van der Waals surface area contributed by atoms with Gasteiger partial charge in [-0.2, -0.15) is 0 Å². The summed E-state index contributed by atoms with van der Waals surface area (Å²) in [5.41, 5.74) is -1.24. The minimum Gasteiger partial charge on any atom is -0.494 e. The van der Waals surface area contributed by atoms with Crippen molar-refractivity contribution in [2.24, 2.45) is 11.8 Å². The van der Waals surface area contributed by atoms with Crippen LogP contribution in [-0.4, -0.2) is 88.8 Å². The molecular formula is C34H49N3O6. The molecule has 0 aliphatic carbocycles. The van der Waals surface area contributed by atoms with E-state index in [4.69, 9.17) is 9.47 Å². The van der Waals surface area contributed by atoms with Crippen LogP contribution < -0.4 is 9.64 Å². The first-order chi connectivity index (χ1) is 20.7. The average molecular weight is 596 g/mol. The molecule has 9 heteroatoms. The number of likely N-dealkylation sites (tertiary alicyclic amines) is 1. The lowest BCUT2D eigenvalue weighted by molar-refractivity contribution is -0.153. The van der Waals surface area contributed by atoms with E-state index in [9.17, 15) is 19.5 Å². The summed E-state index contributed by atoms with van der Waals surface area (Å²) in [6.45, 7) is 17.2. The van der Waals surface area contributed by atoms with Crippen LogP contribution in [0.2, 0.25) is 0 Å². The van der Waals surface area contributed by atoms with Crippen LogP contribution in [0.5, 0.6) is 5.75 Å². The number of ether oxygens (including phenoxy) is 2. The monoisotopic (exact) mass is 595 g/mol. The molecule has 5 atom stereocenters. The Kier molecular flexibility index (Phi) is 10.4. The predicted molar refractivity (Wildman–Crippen MR) is 167 cm³/mol. The van der Waals surface area contributed by atoms with Crippen LogP contribution in [0.1, 0.15) is 66.2 Å². The van der Waals surface area contributed by atoms with E-state index in [0.717, 1.165) is 6.42 Å². The lowest BCUT2D eigenvalue weighted by Gasteiger charge is -2.38. The Morgan fingerprint density at radius 2 is 1.79 bits per heavy atom. The third-order valence-electron chi connectivity index (χ3n) is 9.51. The standard InChI is InChI=1S/C34H49N3O6/c1-7-20-35(24(5)6)32(41)29-34-19-18-33(9-3,43-34)27(28(34)31(40)37(29)22-12-11-13-23-38)30(39)36(21-8-2)25-14-16-26(17-15-25)42-10-4/h7-8,14-17,24,27-29,38H,1-2,9-13,18-23H2,3-6H3/t27-,28+,29?,33+,34?/m1/s1. The molecule has 0 saturated carbocycles. The summed E-state index contributed by atoms with van der Waals surface area (Å²) in [5.74, 6) is -1.34. The van der Waals surface area contributed by atoms with E-state index in [2.05, 4.69) is 13.2 Å². The molecule has 3 saturated heterocycles. The van der Waals surface area contributed by atoms with Gasteiger partial charge in [-0.3, -0.25) is 14.4 Å². The van der Waals surface area contributed by atoms with Crippen molar-refractivity contribution >= 4 is 23.4 Å². The molecule has 3 heterocycles. The van der Waals surface area contributed by atoms with Gasteiger partial charge in [-0.05, 0) is 83.6 Å². The van der Waals surface area contributed by atoms with Crippen molar-refractivity contribution in [2.45, 2.75) is 89.5 Å². The first kappa shape index (κ1) is 32.7. The zero-order chi connectivity index (χ0) is 31.4. The van der Waals surface area contributed by atoms with E-state index in [1.54, 1.807) is 26.9 Å². The highest BCUT2D eigenvalue weighted by Gasteiger charge is 2.79. The van der Waals surface area contributed by atoms with Crippen LogP contribution in [0.4, 0.5) is 5.69 Å². The van der Waals surface area contributed by atoms with E-state index >= 15 is 0 Å². The number of unbranched alkanes of at least 4 members (excludes halogenated alkanes) is 2. The second-order valence-corrected chi connectivity index (χ2v) is 12.2. The Balaban J connectivity index is 1.77. The van der Waals surface area contributed by atoms with E-state index < -0.39 is 29.1 Å². The first-order valence-corrected chi connectivity index (χ1v) is 15.8. The Labute approximate surface area is 256 Å². The third-order valence-corrected chi connectivity index (χ3v) is 9.51. The minimum absolute atomic E-state index is 0.0761. The second kappa shape index (κ2) is 13.6. The van der Waals surface area contributed by atoms with E-state index in [-0.39, 0.29) is 36.9 Å². The molecule has 1 aromatic rings. The first-order valence-electron chi connectivity index (χ1n) is 15.8. The summed E-state index contributed by atoms with van der Waals surface area (Å²) < 4.78 is 12.6. The number of nitrogens with zero attached hydrogens (tertiary/aromatic N) is 3. The fourth-order valence-corrected chi connectivity index (χ4v) is 7.54. The number of fused-ring (bicyclic) bond motifs is 1. The van der Waals surface area contributed by atoms with Crippen LogP contribution in [0.3, 0.4) is 0 Å². The van der Waals surface area contributed by atoms with Crippen molar-refractivity contribution in [3.8, 4) is 5.75 Å². The van der Waals surface area contributed by atoms with E-state index in [1.807, 2.05) is 52.0 Å². The number of rotatable bonds is 16. The predicted octanol–water partition coefficient (Wildman–Crippen LogP) is 4.34. The van der Waals surface area contributed by atoms with Crippen molar-refractivity contribution in [1.29, 1.82) is 0 Å². The topological polar surface area (TPSA) is 99.6 Å². The summed E-state index contributed by atoms with van der Waals surface area (Å²) in [5, 5.41) is 9.32. The maximum atomic E-state index is 14.7. The van der Waals surface area contributed by atoms with Crippen LogP contribution in [0.25, 0.3) is 0 Å². The average Bonchev–Trinajstić information content (AvgIpc) is 3.60. The van der Waals surface area contributed by atoms with Crippen LogP contribution in [0, 0.1) is 11.8 Å². The molecule has 4 rings (SSSR count). The van der Waals surface area contributed by atoms with Crippen molar-refractivity contribution in [2.75, 3.05) is 37.7 Å². The van der Waals surface area contributed by atoms with Gasteiger partial charge in [0.15, 0.2) is 0 Å². The maximum Gasteiger partial charge on any atom is 0.248 e. The number of aliphatic hydroxyl groups is 1. The zero-order valence-electron chi connectivity index (χ0n) is 26.3. The number of aliphatic hydroxyl groups excluding tert-OH is 1. The van der Waals surface area contributed by atoms with Crippen LogP contribution in [0.15, 0.2) is 49.6 Å². The highest BCUT2D eigenvalue weighted by molar-refractivity contribution is 6.03. The molecule has 43 heavy (non-hydrogen) atoms. The van der Waals surface area contributed by atoms with Crippen LogP contribution in [-0.2, 0) is 19.1 Å². The molecular weight excluding hydrogens is 546 g/mol. The summed E-state index contributed by atoms with van der Waals surface area (Å²) in [7, 11) is 0. The smallest absolute Gasteiger partial charge is 0.248 e. The molecule has 9 nitrogen and oxygen atoms in total. The number of hydrogen-bond acceptors (Lipinski definition) is 6. The van der Waals surface area contributed by atoms with Crippen molar-refractivity contribution in [1.82, 2.24) is 9.80 Å². The Morgan fingerprint density at radius 1 is 1.09 bits per heavy atom. The van der Waals surface area contributed by atoms with Crippen LogP contribution >= 0.6 is 0 Å². The fourth-order valence-electron chi connectivity index (χ4n) is 7.54. The fraction of sp³-hybridized carbons (Fsp3) is 0.618. The Bertz CT molecular complexity index is 1190. The number of anilines is 1. The number of benzene rings is 1. The van der Waals surface area contributed by atoms with Crippen molar-refractivity contribution in [3.05, 3.63) is 49.6 Å². The molecule has 2 unspecified atom stereocenters. The van der Waals surface area contributed by atoms with Gasteiger partial charge in [-0.25, -0.2) is 0 Å². The van der Waals surface area contributed by atoms with Gasteiger partial charge >= 0.3 is 0 Å². The van der Waals surface area contributed by atoms with Gasteiger partial charge in [0.2, 0.25) is 17.7 Å². The highest BCUT2D eigenvalue weighted by Crippen LogP contribution is 2.64. The Hall–Kier alpha value is -3.17. The number of carbonyl (C=O) groups excluding carboxylic acids is 3. The minimum atomic E-state index is -1.09. The molecule has 2 bridgehead atoms. The molecule has 3 aliphatic rings. The zero-order valence-corrected chi connectivity index (χ0v) is 26.3. The molecule has 3 aliphatic heterocycles. The SMILES string of the molecule is C=CCN(C(=O)[C@H]1[C@H]2C(=O)N(CCCCCO)C(C(=O)N(CC=C)C(C)C)C23CC[C@]1(CC)O3)c1ccc(OCC)cc1. The molecule has 1 spiro atoms. The van der Waals surface area contributed by atoms with Gasteiger partial charge in [0, 0.05) is 38.0 Å². The largest absolute Gasteiger partial charge is 0.494 e. The quantitative estimate of drug-likeness (QED) is 0.226. The molecule has 3 fully saturated rings. The summed E-state index contributed by atoms with van der Waals surface area (Å²) in [6, 6.07) is 6.43. The molecule has 1 aromatic carbocycles. The maximum absolute atomic E-state index is 14.7. The normalized spacial score (nSPS) is 27.3. The highest BCUT2D eigenvalue weighted by atomic mass is 16.5. The number of carbonyl (C=O) groups is 3. The summed E-state index contributed by atoms with van der Waals surface area (Å²) >= 11 is 0. The molecule has 0 radical (unpaired) electrons. The Morgan fingerprint density at radius 3 is 2.37 bits per heavy atom. The van der Waals surface area contributed by atoms with Gasteiger partial charge < -0.3 is 29.3 Å². The number of amides is 3. The van der Waals surface area contributed by atoms with Gasteiger partial charge in [0.25, 0.3) is 0 Å². The second-order valence-electron chi connectivity index (χ2n) is 12.2. The lowest BCUT2D eigenvalue weighted by atomic mass is 9.64. The molecule has 1 N–H and O–H groups in total. The lowest BCUT2D eigenvalue weighted by Crippen LogP contribution is -2.57. The van der Waals surface area contributed by atoms with Gasteiger partial charge in [0.1, 0.15) is 17.4 Å². The molecule has 0 aromatic heterocycles. The number of hydrogen-bond donors (Lipinski definition) is 1. The molecule has 236 valence electrons. The molecule has 3 amide bonds. The van der Waals surface area contributed by atoms with E-state index in [0.29, 0.717) is 63.2 Å². The third kappa shape index (κ3) is 5.74. The summed E-state index contributed by atoms with van der Waals surface area (Å²) in [4.78, 5) is 48.7. The van der Waals surface area contributed by atoms with Crippen molar-refractivity contribution in [3.63, 3.8) is 0 Å². The van der Waals surface area contributed by atoms with Gasteiger partial charge in [-0.15, -0.1) is 13.2 Å². The van der Waals surface area contributed by atoms with Gasteiger partial charge in [-0.1, -0.05) is 19.1 Å². The van der Waals surface area contributed by atoms with E-state index in [1.165, 1.54) is 0 Å². The van der Waals surface area contributed by atoms with Crippen molar-refractivity contribution < 1.29 is 29.0 Å². The summed E-state index contributed by atoms with van der Waals surface area (Å²) in [6.07, 6.45) is 7.07.